The lowest BCUT2D eigenvalue weighted by molar-refractivity contribution is -0.144. The van der Waals surface area contributed by atoms with Gasteiger partial charge in [0.1, 0.15) is 11.8 Å². The van der Waals surface area contributed by atoms with Crippen LogP contribution in [0.3, 0.4) is 0 Å². The van der Waals surface area contributed by atoms with Gasteiger partial charge in [0.15, 0.2) is 0 Å². The number of amides is 2. The number of fused-ring (bicyclic) bond motifs is 2. The number of carbonyl (C=O) groups excluding carboxylic acids is 3. The predicted molar refractivity (Wildman–Crippen MR) is 145 cm³/mol. The molecule has 0 N–H and O–H groups in total. The number of nitrogens with zero attached hydrogens (tertiary/aromatic N) is 3. The first kappa shape index (κ1) is 28.0. The molecule has 3 heterocycles. The third kappa shape index (κ3) is 4.70. The number of thioether (sulfide) groups is 1. The maximum absolute atomic E-state index is 13.9. The summed E-state index contributed by atoms with van der Waals surface area (Å²) in [5.74, 6) is -4.08. The third-order valence-corrected chi connectivity index (χ3v) is 9.46. The number of para-hydroxylation sites is 1. The summed E-state index contributed by atoms with van der Waals surface area (Å²) in [5.41, 5.74) is -0.137. The SMILES string of the molecule is CCOC(=O)Cn1c2c(sc1=O)[C@@H](c1ccc(N(C)C)cc1)[C@@H]1C(=O)N(c3ccccc3C(F)(F)F)C(=O)[C@@H]1S2. The van der Waals surface area contributed by atoms with Crippen molar-refractivity contribution in [2.45, 2.75) is 35.8 Å². The van der Waals surface area contributed by atoms with Crippen LogP contribution in [0, 0.1) is 5.92 Å². The van der Waals surface area contributed by atoms with Crippen LogP contribution in [0.15, 0.2) is 58.4 Å². The number of hydrogen-bond acceptors (Lipinski definition) is 8. The molecule has 1 fully saturated rings. The van der Waals surface area contributed by atoms with Gasteiger partial charge in [-0.05, 0) is 36.8 Å². The van der Waals surface area contributed by atoms with E-state index in [1.807, 2.05) is 31.1 Å². The van der Waals surface area contributed by atoms with Gasteiger partial charge in [0.25, 0.3) is 0 Å². The molecule has 1 aromatic heterocycles. The van der Waals surface area contributed by atoms with Crippen LogP contribution in [0.2, 0.25) is 0 Å². The highest BCUT2D eigenvalue weighted by atomic mass is 32.2. The van der Waals surface area contributed by atoms with E-state index in [-0.39, 0.29) is 6.61 Å². The number of hydrogen-bond donors (Lipinski definition) is 0. The summed E-state index contributed by atoms with van der Waals surface area (Å²) in [5, 5.41) is -0.777. The summed E-state index contributed by atoms with van der Waals surface area (Å²) < 4.78 is 47.9. The molecule has 0 spiro atoms. The Labute approximate surface area is 235 Å². The number of rotatable bonds is 6. The van der Waals surface area contributed by atoms with Crippen LogP contribution in [0.25, 0.3) is 0 Å². The largest absolute Gasteiger partial charge is 0.465 e. The number of thiazole rings is 1. The number of imide groups is 1. The molecule has 5 rings (SSSR count). The van der Waals surface area contributed by atoms with Crippen LogP contribution >= 0.6 is 23.1 Å². The Morgan fingerprint density at radius 1 is 1.02 bits per heavy atom. The fraction of sp³-hybridized carbons (Fsp3) is 0.333. The average molecular weight is 592 g/mol. The van der Waals surface area contributed by atoms with Gasteiger partial charge < -0.3 is 9.64 Å². The third-order valence-electron chi connectivity index (χ3n) is 6.86. The second-order valence-corrected chi connectivity index (χ2v) is 11.6. The molecule has 2 aliphatic heterocycles. The van der Waals surface area contributed by atoms with Crippen molar-refractivity contribution in [1.29, 1.82) is 0 Å². The van der Waals surface area contributed by atoms with Gasteiger partial charge in [-0.3, -0.25) is 23.7 Å². The molecule has 0 saturated carbocycles. The van der Waals surface area contributed by atoms with Crippen molar-refractivity contribution in [2.24, 2.45) is 5.92 Å². The van der Waals surface area contributed by atoms with Gasteiger partial charge in [0.2, 0.25) is 11.8 Å². The molecule has 0 radical (unpaired) electrons. The zero-order valence-electron chi connectivity index (χ0n) is 21.6. The van der Waals surface area contributed by atoms with Gasteiger partial charge in [-0.25, -0.2) is 4.90 Å². The Bertz CT molecular complexity index is 1550. The number of esters is 1. The Balaban J connectivity index is 1.66. The number of anilines is 2. The summed E-state index contributed by atoms with van der Waals surface area (Å²) in [4.78, 5) is 55.5. The van der Waals surface area contributed by atoms with E-state index < -0.39 is 63.7 Å². The van der Waals surface area contributed by atoms with Gasteiger partial charge >= 0.3 is 17.0 Å². The standard InChI is InChI=1S/C27H24F3N3O5S2/c1-4-38-18(34)13-32-25-22(40-26(32)37)19(14-9-11-15(12-10-14)31(2)3)20-21(39-25)24(36)33(23(20)35)17-8-6-5-7-16(17)27(28,29)30/h5-12,19-21H,4,13H2,1-3H3/t19-,20-,21+/m0/s1. The molecule has 0 bridgehead atoms. The molecular weight excluding hydrogens is 567 g/mol. The molecule has 2 amide bonds. The second-order valence-electron chi connectivity index (χ2n) is 9.48. The number of ether oxygens (including phenoxy) is 1. The minimum atomic E-state index is -4.79. The first-order chi connectivity index (χ1) is 18.9. The highest BCUT2D eigenvalue weighted by molar-refractivity contribution is 8.00. The zero-order chi connectivity index (χ0) is 28.9. The topological polar surface area (TPSA) is 88.9 Å². The smallest absolute Gasteiger partial charge is 0.418 e. The lowest BCUT2D eigenvalue weighted by Crippen LogP contribution is -2.33. The minimum Gasteiger partial charge on any atom is -0.465 e. The van der Waals surface area contributed by atoms with Crippen LogP contribution in [-0.4, -0.2) is 48.3 Å². The van der Waals surface area contributed by atoms with Gasteiger partial charge in [0.05, 0.1) is 28.8 Å². The molecule has 0 aliphatic carbocycles. The zero-order valence-corrected chi connectivity index (χ0v) is 23.2. The van der Waals surface area contributed by atoms with Crippen LogP contribution in [-0.2, 0) is 31.8 Å². The molecule has 0 unspecified atom stereocenters. The second kappa shape index (κ2) is 10.4. The van der Waals surface area contributed by atoms with E-state index in [4.69, 9.17) is 4.74 Å². The summed E-state index contributed by atoms with van der Waals surface area (Å²) in [6, 6.07) is 11.7. The molecule has 2 aliphatic rings. The fourth-order valence-electron chi connectivity index (χ4n) is 5.08. The number of carbonyl (C=O) groups is 3. The minimum absolute atomic E-state index is 0.110. The van der Waals surface area contributed by atoms with E-state index in [1.54, 1.807) is 19.1 Å². The summed E-state index contributed by atoms with van der Waals surface area (Å²) in [6.07, 6.45) is -4.79. The van der Waals surface area contributed by atoms with Crippen molar-refractivity contribution in [3.8, 4) is 0 Å². The molecule has 13 heteroatoms. The van der Waals surface area contributed by atoms with Crippen molar-refractivity contribution >= 4 is 52.3 Å². The number of aromatic nitrogens is 1. The Kier molecular flexibility index (Phi) is 7.29. The van der Waals surface area contributed by atoms with E-state index in [0.717, 1.165) is 40.9 Å². The first-order valence-electron chi connectivity index (χ1n) is 12.3. The van der Waals surface area contributed by atoms with Crippen molar-refractivity contribution < 1.29 is 32.3 Å². The average Bonchev–Trinajstić information content (AvgIpc) is 3.34. The quantitative estimate of drug-likeness (QED) is 0.311. The molecule has 210 valence electrons. The molecular formula is C27H24F3N3O5S2. The Hall–Kier alpha value is -3.58. The number of halogens is 3. The molecule has 3 aromatic rings. The maximum Gasteiger partial charge on any atom is 0.418 e. The van der Waals surface area contributed by atoms with E-state index in [2.05, 4.69) is 0 Å². The van der Waals surface area contributed by atoms with Crippen LogP contribution in [0.4, 0.5) is 24.5 Å². The number of benzene rings is 2. The predicted octanol–water partition coefficient (Wildman–Crippen LogP) is 4.35. The Morgan fingerprint density at radius 2 is 1.70 bits per heavy atom. The van der Waals surface area contributed by atoms with Gasteiger partial charge in [-0.1, -0.05) is 47.4 Å². The Morgan fingerprint density at radius 3 is 2.33 bits per heavy atom. The highest BCUT2D eigenvalue weighted by Gasteiger charge is 2.57. The molecule has 3 atom stereocenters. The van der Waals surface area contributed by atoms with Gasteiger partial charge in [0, 0.05) is 30.6 Å². The lowest BCUT2D eigenvalue weighted by Gasteiger charge is -2.31. The summed E-state index contributed by atoms with van der Waals surface area (Å²) in [6.45, 7) is 1.35. The van der Waals surface area contributed by atoms with Crippen molar-refractivity contribution in [3.05, 3.63) is 74.2 Å². The molecule has 40 heavy (non-hydrogen) atoms. The molecule has 2 aromatic carbocycles. The van der Waals surface area contributed by atoms with E-state index in [9.17, 15) is 32.3 Å². The van der Waals surface area contributed by atoms with Crippen LogP contribution in [0.5, 0.6) is 0 Å². The van der Waals surface area contributed by atoms with E-state index in [1.165, 1.54) is 16.7 Å². The van der Waals surface area contributed by atoms with E-state index >= 15 is 0 Å². The summed E-state index contributed by atoms with van der Waals surface area (Å²) in [7, 11) is 3.72. The fourth-order valence-corrected chi connectivity index (χ4v) is 7.85. The van der Waals surface area contributed by atoms with Gasteiger partial charge in [-0.15, -0.1) is 0 Å². The van der Waals surface area contributed by atoms with Gasteiger partial charge in [-0.2, -0.15) is 13.2 Å². The number of alkyl halides is 3. The first-order valence-corrected chi connectivity index (χ1v) is 14.0. The molecule has 8 nitrogen and oxygen atoms in total. The van der Waals surface area contributed by atoms with Crippen molar-refractivity contribution in [3.63, 3.8) is 0 Å². The van der Waals surface area contributed by atoms with Crippen LogP contribution < -0.4 is 14.7 Å². The van der Waals surface area contributed by atoms with Crippen molar-refractivity contribution in [1.82, 2.24) is 4.57 Å². The molecule has 1 saturated heterocycles. The van der Waals surface area contributed by atoms with E-state index in [0.29, 0.717) is 20.4 Å². The summed E-state index contributed by atoms with van der Waals surface area (Å²) >= 11 is 1.78. The monoisotopic (exact) mass is 591 g/mol. The van der Waals surface area contributed by atoms with Crippen LogP contribution in [0.1, 0.15) is 28.8 Å². The maximum atomic E-state index is 13.9. The van der Waals surface area contributed by atoms with Crippen molar-refractivity contribution in [2.75, 3.05) is 30.5 Å². The lowest BCUT2D eigenvalue weighted by atomic mass is 9.83. The normalized spacial score (nSPS) is 20.4. The highest BCUT2D eigenvalue weighted by Crippen LogP contribution is 2.54.